The molecule has 0 unspecified atom stereocenters. The van der Waals surface area contributed by atoms with Gasteiger partial charge in [0, 0.05) is 86.3 Å². The van der Waals surface area contributed by atoms with E-state index in [-0.39, 0.29) is 54.6 Å². The first-order valence-corrected chi connectivity index (χ1v) is 20.0. The summed E-state index contributed by atoms with van der Waals surface area (Å²) in [6, 6.07) is 55.0. The van der Waals surface area contributed by atoms with Gasteiger partial charge in [-0.1, -0.05) is 108 Å². The van der Waals surface area contributed by atoms with E-state index in [2.05, 4.69) is 58.3 Å². The van der Waals surface area contributed by atoms with Gasteiger partial charge in [-0.15, -0.1) is 48.1 Å². The smallest absolute Gasteiger partial charge is 0.135 e. The normalized spacial score (nSPS) is 15.1. The molecule has 63 heavy (non-hydrogen) atoms. The van der Waals surface area contributed by atoms with Gasteiger partial charge in [-0.25, -0.2) is 4.98 Å². The van der Waals surface area contributed by atoms with Gasteiger partial charge in [0.05, 0.1) is 4.11 Å². The van der Waals surface area contributed by atoms with Crippen LogP contribution in [0, 0.1) is 32.5 Å². The number of hydrogen-bond donors (Lipinski definition) is 0. The number of ether oxygens (including phenoxy) is 2. The van der Waals surface area contributed by atoms with Gasteiger partial charge < -0.3 is 23.8 Å². The minimum atomic E-state index is -2.88. The van der Waals surface area contributed by atoms with E-state index in [1.165, 1.54) is 16.8 Å². The summed E-state index contributed by atoms with van der Waals surface area (Å²) in [6.07, 6.45) is 1.43. The van der Waals surface area contributed by atoms with Crippen molar-refractivity contribution in [1.29, 1.82) is 0 Å². The van der Waals surface area contributed by atoms with Crippen molar-refractivity contribution in [3.05, 3.63) is 212 Å². The summed E-state index contributed by atoms with van der Waals surface area (Å²) in [4.78, 5) is 9.03. The Balaban J connectivity index is 0.00000560. The van der Waals surface area contributed by atoms with Crippen molar-refractivity contribution < 1.29 is 42.9 Å². The van der Waals surface area contributed by atoms with Crippen LogP contribution in [0.1, 0.15) is 23.5 Å². The predicted octanol–water partition coefficient (Wildman–Crippen LogP) is 14.7. The van der Waals surface area contributed by atoms with Gasteiger partial charge in [-0.05, 0) is 89.9 Å². The van der Waals surface area contributed by atoms with E-state index in [0.29, 0.717) is 39.4 Å². The summed E-state index contributed by atoms with van der Waals surface area (Å²) in [7, 11) is 0. The van der Waals surface area contributed by atoms with E-state index in [9.17, 15) is 2.74 Å². The Morgan fingerprint density at radius 2 is 1.35 bits per heavy atom. The Hall–Kier alpha value is -7.40. The third-order valence-corrected chi connectivity index (χ3v) is 11.3. The zero-order chi connectivity index (χ0) is 48.9. The third kappa shape index (κ3) is 6.66. The number of hydrogen-bond acceptors (Lipinski definition) is 5. The minimum absolute atomic E-state index is 0. The van der Waals surface area contributed by atoms with Crippen molar-refractivity contribution in [2.24, 2.45) is 0 Å². The first kappa shape index (κ1) is 29.8. The Morgan fingerprint density at radius 1 is 0.603 bits per heavy atom. The van der Waals surface area contributed by atoms with Gasteiger partial charge in [0.1, 0.15) is 17.3 Å². The monoisotopic (exact) mass is 1000 g/mol. The van der Waals surface area contributed by atoms with E-state index >= 15 is 0 Å². The fourth-order valence-corrected chi connectivity index (χ4v) is 8.49. The number of anilines is 4. The van der Waals surface area contributed by atoms with Crippen LogP contribution in [0.15, 0.2) is 182 Å². The van der Waals surface area contributed by atoms with Gasteiger partial charge in [0.25, 0.3) is 0 Å². The second-order valence-corrected chi connectivity index (χ2v) is 15.1. The van der Waals surface area contributed by atoms with E-state index in [0.717, 1.165) is 39.3 Å². The van der Waals surface area contributed by atoms with Gasteiger partial charge in [0.15, 0.2) is 0 Å². The van der Waals surface area contributed by atoms with Crippen LogP contribution in [-0.4, -0.2) is 9.55 Å². The van der Waals surface area contributed by atoms with Crippen molar-refractivity contribution >= 4 is 44.6 Å². The molecule has 14 rings (SSSR count). The van der Waals surface area contributed by atoms with Crippen LogP contribution in [0.4, 0.5) is 22.7 Å². The molecule has 306 valence electrons. The average molecular weight is 1000 g/mol. The molecule has 7 heteroatoms. The fourth-order valence-electron chi connectivity index (χ4n) is 8.49. The van der Waals surface area contributed by atoms with Crippen LogP contribution >= 0.6 is 0 Å². The molecule has 0 amide bonds. The molecule has 6 heterocycles. The van der Waals surface area contributed by atoms with Gasteiger partial charge >= 0.3 is 0 Å². The van der Waals surface area contributed by atoms with Crippen molar-refractivity contribution in [2.75, 3.05) is 9.80 Å². The van der Waals surface area contributed by atoms with E-state index in [1.54, 1.807) is 42.5 Å². The second-order valence-electron chi connectivity index (χ2n) is 15.1. The Labute approximate surface area is 393 Å². The van der Waals surface area contributed by atoms with Crippen LogP contribution in [0.2, 0.25) is 0 Å². The summed E-state index contributed by atoms with van der Waals surface area (Å²) >= 11 is 0. The molecule has 0 saturated heterocycles. The van der Waals surface area contributed by atoms with Crippen LogP contribution in [-0.2, 0) is 21.1 Å². The molecule has 10 aromatic rings. The number of para-hydroxylation sites is 3. The first-order chi connectivity index (χ1) is 34.2. The molecule has 0 spiro atoms. The minimum Gasteiger partial charge on any atom is -0.509 e. The maximum absolute atomic E-state index is 9.26. The number of rotatable bonds is 1. The van der Waals surface area contributed by atoms with Gasteiger partial charge in [-0.2, -0.15) is 12.1 Å². The molecule has 2 aromatic heterocycles. The van der Waals surface area contributed by atoms with Crippen LogP contribution < -0.4 is 19.3 Å². The van der Waals surface area contributed by atoms with E-state index in [1.807, 2.05) is 79.5 Å². The molecule has 0 saturated carbocycles. The maximum Gasteiger partial charge on any atom is 0.135 e. The van der Waals surface area contributed by atoms with E-state index < -0.39 is 37.4 Å². The zero-order valence-electron chi connectivity index (χ0n) is 42.1. The molecule has 0 N–H and O–H groups in total. The van der Waals surface area contributed by atoms with E-state index in [4.69, 9.17) is 24.1 Å². The molecular weight excluding hydrogens is 956 g/mol. The summed E-state index contributed by atoms with van der Waals surface area (Å²) in [5, 5.41) is 0.393. The number of aryl methyl sites for hydroxylation is 1. The molecule has 4 aliphatic rings. The molecule has 0 aliphatic carbocycles. The van der Waals surface area contributed by atoms with Gasteiger partial charge in [-0.3, -0.25) is 0 Å². The van der Waals surface area contributed by atoms with Crippen LogP contribution in [0.5, 0.6) is 23.0 Å². The van der Waals surface area contributed by atoms with Crippen molar-refractivity contribution in [1.82, 2.24) is 9.55 Å². The summed E-state index contributed by atoms with van der Waals surface area (Å²) in [5.74, 6) is 1.58. The summed E-state index contributed by atoms with van der Waals surface area (Å²) < 4.78 is 92.8. The zero-order valence-corrected chi connectivity index (χ0v) is 35.4. The van der Waals surface area contributed by atoms with Gasteiger partial charge in [0.2, 0.25) is 0 Å². The SMILES string of the molecule is [2H]c1c(C([2H])([2H])[2H])c([2H])c2c3ccc4[c-]c3n(c2c1[2H])-c1cc(C([2H])([2H])[2H])c(cn1)-c1cccc(c1)Oc1ccc(cc1)-c1cccc(-c2ccccc2)c1N1[CH-]N(c2[c-]c(ccc2)O4)c2ccccc21.[Pt]. The number of pyridine rings is 1. The number of nitrogens with zero attached hydrogens (tertiary/aromatic N) is 4. The average Bonchev–Trinajstić information content (AvgIpc) is 3.92. The quantitative estimate of drug-likeness (QED) is 0.153. The molecule has 0 fully saturated rings. The molecule has 0 radical (unpaired) electrons. The van der Waals surface area contributed by atoms with Crippen molar-refractivity contribution in [3.8, 4) is 62.2 Å². The largest absolute Gasteiger partial charge is 0.509 e. The topological polar surface area (TPSA) is 42.8 Å². The third-order valence-electron chi connectivity index (χ3n) is 11.3. The molecular formula is C56H37N4O2Pt-3. The molecule has 0 atom stereocenters. The van der Waals surface area contributed by atoms with Crippen LogP contribution in [0.3, 0.4) is 0 Å². The van der Waals surface area contributed by atoms with Crippen LogP contribution in [0.25, 0.3) is 61.0 Å². The summed E-state index contributed by atoms with van der Waals surface area (Å²) in [6.45, 7) is -3.52. The Kier molecular flexibility index (Phi) is 7.33. The molecule has 6 nitrogen and oxygen atoms in total. The standard InChI is InChI=1S/C56H37N4O2.Pt/c1-36-21-28-51-49(29-36)48-27-26-45-33-54(48)60(51)55-30-37(2)50(34-57-55)40-13-8-15-43(31-40)61-42-24-22-39(23-25-42)47-18-10-17-46(38-11-4-3-5-12-38)56(47)59-35-58(52-19-6-7-20-53(52)59)41-14-9-16-44(32-41)62-45;/h3-31,34-35H,1-2H3;/q-3;/i1D3,2D3,21D,28D,29D;. The van der Waals surface area contributed by atoms with Crippen molar-refractivity contribution in [3.63, 3.8) is 0 Å². The number of aromatic nitrogens is 2. The second kappa shape index (κ2) is 15.5. The molecule has 4 aliphatic heterocycles. The van der Waals surface area contributed by atoms with Crippen molar-refractivity contribution in [2.45, 2.75) is 13.7 Å². The Bertz CT molecular complexity index is 3790. The summed E-state index contributed by atoms with van der Waals surface area (Å²) in [5.41, 5.74) is 7.80. The number of benzene rings is 8. The predicted molar refractivity (Wildman–Crippen MR) is 250 cm³/mol. The number of fused-ring (bicyclic) bond motifs is 5. The molecule has 12 bridgehead atoms. The molecule has 8 aromatic carbocycles. The first-order valence-electron chi connectivity index (χ1n) is 24.5. The Morgan fingerprint density at radius 3 is 2.17 bits per heavy atom. The fraction of sp³-hybridized carbons (Fsp3) is 0.0357. The maximum atomic E-state index is 9.26.